The van der Waals surface area contributed by atoms with E-state index in [1.54, 1.807) is 6.07 Å². The molecule has 0 fully saturated rings. The van der Waals surface area contributed by atoms with Crippen LogP contribution in [0.2, 0.25) is 0 Å². The second-order valence-electron chi connectivity index (χ2n) is 7.22. The number of rotatable bonds is 2. The fraction of sp³-hybridized carbons (Fsp3) is 0.438. The molecule has 0 aliphatic carbocycles. The van der Waals surface area contributed by atoms with E-state index in [-0.39, 0.29) is 11.1 Å². The minimum atomic E-state index is -0.405. The molecule has 0 bridgehead atoms. The molecule has 0 spiro atoms. The van der Waals surface area contributed by atoms with Gasteiger partial charge in [0, 0.05) is 36.7 Å². The van der Waals surface area contributed by atoms with E-state index in [9.17, 15) is 10.1 Å². The van der Waals surface area contributed by atoms with Gasteiger partial charge in [0.2, 0.25) is 10.1 Å². The number of imidazole rings is 1. The first-order chi connectivity index (χ1) is 11.8. The van der Waals surface area contributed by atoms with Crippen LogP contribution in [0.4, 0.5) is 10.8 Å². The summed E-state index contributed by atoms with van der Waals surface area (Å²) >= 11 is 1.54. The van der Waals surface area contributed by atoms with Gasteiger partial charge in [-0.3, -0.25) is 15.1 Å². The molecule has 8 nitrogen and oxygen atoms in total. The summed E-state index contributed by atoms with van der Waals surface area (Å²) in [6.45, 7) is 7.75. The molecule has 4 heterocycles. The molecule has 0 saturated carbocycles. The van der Waals surface area contributed by atoms with Crippen LogP contribution < -0.4 is 4.90 Å². The predicted molar refractivity (Wildman–Crippen MR) is 95.2 cm³/mol. The number of anilines is 1. The summed E-state index contributed by atoms with van der Waals surface area (Å²) in [5, 5.41) is 16.5. The maximum Gasteiger partial charge on any atom is 0.287 e. The van der Waals surface area contributed by atoms with Gasteiger partial charge in [-0.05, 0) is 5.56 Å². The average Bonchev–Trinajstić information content (AvgIpc) is 3.12. The summed E-state index contributed by atoms with van der Waals surface area (Å²) in [4.78, 5) is 22.5. The zero-order valence-corrected chi connectivity index (χ0v) is 15.1. The first kappa shape index (κ1) is 15.9. The van der Waals surface area contributed by atoms with E-state index >= 15 is 0 Å². The summed E-state index contributed by atoms with van der Waals surface area (Å²) in [5.74, 6) is 0. The molecule has 0 aromatic carbocycles. The number of hydrogen-bond donors (Lipinski definition) is 0. The number of nitrogens with zero attached hydrogens (tertiary/aromatic N) is 6. The first-order valence-corrected chi connectivity index (χ1v) is 8.87. The molecule has 1 aliphatic heterocycles. The van der Waals surface area contributed by atoms with Crippen LogP contribution in [0.25, 0.3) is 4.96 Å². The van der Waals surface area contributed by atoms with Gasteiger partial charge in [-0.2, -0.15) is 0 Å². The van der Waals surface area contributed by atoms with Gasteiger partial charge in [-0.1, -0.05) is 32.1 Å². The second kappa shape index (κ2) is 5.48. The molecule has 0 N–H and O–H groups in total. The van der Waals surface area contributed by atoms with Crippen molar-refractivity contribution in [3.63, 3.8) is 0 Å². The van der Waals surface area contributed by atoms with Crippen LogP contribution in [0.3, 0.4) is 0 Å². The average molecular weight is 358 g/mol. The van der Waals surface area contributed by atoms with E-state index in [2.05, 4.69) is 40.7 Å². The fourth-order valence-corrected chi connectivity index (χ4v) is 3.76. The lowest BCUT2D eigenvalue weighted by Gasteiger charge is -2.27. The van der Waals surface area contributed by atoms with E-state index in [0.717, 1.165) is 40.0 Å². The van der Waals surface area contributed by atoms with Gasteiger partial charge >= 0.3 is 0 Å². The highest BCUT2D eigenvalue weighted by Gasteiger charge is 2.24. The van der Waals surface area contributed by atoms with Gasteiger partial charge < -0.3 is 4.90 Å². The van der Waals surface area contributed by atoms with Gasteiger partial charge in [0.25, 0.3) is 5.69 Å². The van der Waals surface area contributed by atoms with Crippen molar-refractivity contribution in [3.8, 4) is 0 Å². The zero-order chi connectivity index (χ0) is 17.8. The number of hydrogen-bond acceptors (Lipinski definition) is 7. The zero-order valence-electron chi connectivity index (χ0n) is 14.3. The third-order valence-corrected chi connectivity index (χ3v) is 5.29. The molecule has 0 amide bonds. The molecule has 9 heteroatoms. The van der Waals surface area contributed by atoms with Crippen LogP contribution in [0, 0.1) is 10.1 Å². The quantitative estimate of drug-likeness (QED) is 0.517. The Hall–Kier alpha value is -2.55. The number of pyridine rings is 1. The normalized spacial score (nSPS) is 14.8. The van der Waals surface area contributed by atoms with Crippen molar-refractivity contribution in [2.75, 3.05) is 11.4 Å². The standard InChI is InChI=1S/C16H18N6O2S/c1-16(2,3)13-9-21-14(18-13)25-15(19-21)20-5-4-12-10(8-20)6-11(7-17-12)22(23)24/h6-7,9H,4-5,8H2,1-3H3. The molecular weight excluding hydrogens is 340 g/mol. The van der Waals surface area contributed by atoms with Crippen LogP contribution in [0.15, 0.2) is 18.5 Å². The molecule has 3 aromatic rings. The predicted octanol–water partition coefficient (Wildman–Crippen LogP) is 2.95. The molecule has 25 heavy (non-hydrogen) atoms. The molecule has 0 radical (unpaired) electrons. The van der Waals surface area contributed by atoms with Crippen LogP contribution in [-0.4, -0.2) is 31.1 Å². The minimum absolute atomic E-state index is 0.0117. The van der Waals surface area contributed by atoms with Gasteiger partial charge in [-0.25, -0.2) is 9.50 Å². The molecular formula is C16H18N6O2S. The van der Waals surface area contributed by atoms with Crippen molar-refractivity contribution in [3.05, 3.63) is 45.5 Å². The largest absolute Gasteiger partial charge is 0.342 e. The molecule has 3 aromatic heterocycles. The van der Waals surface area contributed by atoms with E-state index in [0.29, 0.717) is 6.54 Å². The van der Waals surface area contributed by atoms with Crippen molar-refractivity contribution in [1.82, 2.24) is 19.6 Å². The SMILES string of the molecule is CC(C)(C)c1cn2nc(N3CCc4ncc([N+](=O)[O-])cc4C3)sc2n1. The Kier molecular flexibility index (Phi) is 3.50. The summed E-state index contributed by atoms with van der Waals surface area (Å²) in [5.41, 5.74) is 2.86. The number of nitro groups is 1. The molecule has 4 rings (SSSR count). The van der Waals surface area contributed by atoms with Crippen LogP contribution in [0.1, 0.15) is 37.7 Å². The Morgan fingerprint density at radius 1 is 1.36 bits per heavy atom. The van der Waals surface area contributed by atoms with Gasteiger partial charge in [0.1, 0.15) is 6.20 Å². The Balaban J connectivity index is 1.63. The van der Waals surface area contributed by atoms with Crippen molar-refractivity contribution in [2.24, 2.45) is 0 Å². The maximum atomic E-state index is 11.0. The van der Waals surface area contributed by atoms with E-state index in [4.69, 9.17) is 0 Å². The van der Waals surface area contributed by atoms with Crippen molar-refractivity contribution in [1.29, 1.82) is 0 Å². The fourth-order valence-electron chi connectivity index (χ4n) is 2.86. The highest BCUT2D eigenvalue weighted by atomic mass is 32.1. The number of fused-ring (bicyclic) bond motifs is 2. The van der Waals surface area contributed by atoms with E-state index in [1.807, 2.05) is 10.7 Å². The van der Waals surface area contributed by atoms with Gasteiger partial charge in [-0.15, -0.1) is 5.10 Å². The summed E-state index contributed by atoms with van der Waals surface area (Å²) in [6.07, 6.45) is 4.06. The van der Waals surface area contributed by atoms with Gasteiger partial charge in [0.05, 0.1) is 16.8 Å². The Morgan fingerprint density at radius 2 is 2.16 bits per heavy atom. The third-order valence-electron chi connectivity index (χ3n) is 4.31. The summed E-state index contributed by atoms with van der Waals surface area (Å²) < 4.78 is 1.82. The highest BCUT2D eigenvalue weighted by Crippen LogP contribution is 2.31. The first-order valence-electron chi connectivity index (χ1n) is 8.05. The smallest absolute Gasteiger partial charge is 0.287 e. The molecule has 130 valence electrons. The van der Waals surface area contributed by atoms with Crippen molar-refractivity contribution in [2.45, 2.75) is 39.2 Å². The van der Waals surface area contributed by atoms with Crippen LogP contribution in [0.5, 0.6) is 0 Å². The van der Waals surface area contributed by atoms with Gasteiger partial charge in [0.15, 0.2) is 0 Å². The van der Waals surface area contributed by atoms with E-state index < -0.39 is 4.92 Å². The highest BCUT2D eigenvalue weighted by molar-refractivity contribution is 7.20. The molecule has 0 atom stereocenters. The lowest BCUT2D eigenvalue weighted by molar-refractivity contribution is -0.385. The Labute approximate surface area is 148 Å². The summed E-state index contributed by atoms with van der Waals surface area (Å²) in [6, 6.07) is 1.62. The van der Waals surface area contributed by atoms with Crippen LogP contribution >= 0.6 is 11.3 Å². The molecule has 1 aliphatic rings. The Bertz CT molecular complexity index is 939. The Morgan fingerprint density at radius 3 is 2.84 bits per heavy atom. The monoisotopic (exact) mass is 358 g/mol. The maximum absolute atomic E-state index is 11.0. The minimum Gasteiger partial charge on any atom is -0.342 e. The second-order valence-corrected chi connectivity index (χ2v) is 8.15. The molecule has 0 unspecified atom stereocenters. The topological polar surface area (TPSA) is 89.5 Å². The summed E-state index contributed by atoms with van der Waals surface area (Å²) in [7, 11) is 0. The lowest BCUT2D eigenvalue weighted by Crippen LogP contribution is -2.31. The third kappa shape index (κ3) is 2.84. The van der Waals surface area contributed by atoms with Crippen LogP contribution in [-0.2, 0) is 18.4 Å². The van der Waals surface area contributed by atoms with Crippen molar-refractivity contribution >= 4 is 27.1 Å². The number of aromatic nitrogens is 4. The molecule has 0 saturated heterocycles. The van der Waals surface area contributed by atoms with Crippen molar-refractivity contribution < 1.29 is 4.92 Å². The van der Waals surface area contributed by atoms with E-state index in [1.165, 1.54) is 17.5 Å². The lowest BCUT2D eigenvalue weighted by atomic mass is 9.93.